The van der Waals surface area contributed by atoms with Gasteiger partial charge in [-0.15, -0.1) is 0 Å². The Morgan fingerprint density at radius 2 is 1.95 bits per heavy atom. The molecule has 0 amide bonds. The van der Waals surface area contributed by atoms with Crippen LogP contribution in [0, 0.1) is 6.92 Å². The fourth-order valence-corrected chi connectivity index (χ4v) is 1.95. The predicted molar refractivity (Wildman–Crippen MR) is 74.8 cm³/mol. The predicted octanol–water partition coefficient (Wildman–Crippen LogP) is 3.83. The number of aromatic nitrogens is 1. The first-order chi connectivity index (χ1) is 9.16. The molecule has 0 aliphatic carbocycles. The van der Waals surface area contributed by atoms with Crippen LogP contribution in [0.2, 0.25) is 0 Å². The normalized spacial score (nSPS) is 10.4. The van der Waals surface area contributed by atoms with Crippen LogP contribution in [0.25, 0.3) is 0 Å². The van der Waals surface area contributed by atoms with E-state index >= 15 is 0 Å². The molecule has 1 N–H and O–H groups in total. The van der Waals surface area contributed by atoms with Crippen molar-refractivity contribution in [3.05, 3.63) is 23.4 Å². The third-order valence-corrected chi connectivity index (χ3v) is 3.08. The Hall–Kier alpha value is -1.58. The van der Waals surface area contributed by atoms with Crippen molar-refractivity contribution in [3.8, 4) is 5.88 Å². The highest BCUT2D eigenvalue weighted by molar-refractivity contribution is 5.91. The minimum Gasteiger partial charge on any atom is -0.477 e. The lowest BCUT2D eigenvalue weighted by atomic mass is 10.1. The summed E-state index contributed by atoms with van der Waals surface area (Å²) in [5.74, 6) is -0.746. The fourth-order valence-electron chi connectivity index (χ4n) is 1.95. The van der Waals surface area contributed by atoms with Gasteiger partial charge in [0.1, 0.15) is 5.56 Å². The van der Waals surface area contributed by atoms with Gasteiger partial charge in [-0.3, -0.25) is 0 Å². The van der Waals surface area contributed by atoms with Gasteiger partial charge in [0.2, 0.25) is 5.88 Å². The maximum atomic E-state index is 11.1. The van der Waals surface area contributed by atoms with Crippen LogP contribution in [0.15, 0.2) is 12.3 Å². The molecule has 0 aliphatic rings. The largest absolute Gasteiger partial charge is 0.477 e. The number of unbranched alkanes of at least 4 members (excludes halogenated alkanes) is 5. The number of hydrogen-bond acceptors (Lipinski definition) is 3. The van der Waals surface area contributed by atoms with Crippen LogP contribution in [0.5, 0.6) is 5.88 Å². The maximum Gasteiger partial charge on any atom is 0.341 e. The number of carboxylic acid groups (broad SMARTS) is 1. The summed E-state index contributed by atoms with van der Waals surface area (Å²) in [4.78, 5) is 15.1. The maximum absolute atomic E-state index is 11.1. The van der Waals surface area contributed by atoms with Crippen molar-refractivity contribution in [2.24, 2.45) is 0 Å². The van der Waals surface area contributed by atoms with E-state index in [0.29, 0.717) is 12.2 Å². The standard InChI is InChI=1S/C15H23NO3/c1-3-4-5-6-7-8-11-19-14-13(15(17)18)12(2)9-10-16-14/h9-10H,3-8,11H2,1-2H3,(H,17,18). The molecule has 4 nitrogen and oxygen atoms in total. The van der Waals surface area contributed by atoms with E-state index in [9.17, 15) is 4.79 Å². The summed E-state index contributed by atoms with van der Waals surface area (Å²) in [6, 6.07) is 1.68. The van der Waals surface area contributed by atoms with Crippen LogP contribution in [0.1, 0.15) is 61.4 Å². The zero-order valence-corrected chi connectivity index (χ0v) is 11.8. The molecule has 1 rings (SSSR count). The van der Waals surface area contributed by atoms with Gasteiger partial charge in [-0.1, -0.05) is 39.0 Å². The second-order valence-electron chi connectivity index (χ2n) is 4.73. The number of carboxylic acids is 1. The average Bonchev–Trinajstić information content (AvgIpc) is 2.37. The van der Waals surface area contributed by atoms with E-state index in [1.807, 2.05) is 0 Å². The number of carbonyl (C=O) groups is 1. The van der Waals surface area contributed by atoms with Gasteiger partial charge >= 0.3 is 5.97 Å². The Morgan fingerprint density at radius 1 is 1.26 bits per heavy atom. The van der Waals surface area contributed by atoms with E-state index < -0.39 is 5.97 Å². The average molecular weight is 265 g/mol. The molecule has 0 atom stereocenters. The van der Waals surface area contributed by atoms with Crippen molar-refractivity contribution in [2.45, 2.75) is 52.4 Å². The summed E-state index contributed by atoms with van der Waals surface area (Å²) in [6.07, 6.45) is 8.64. The highest BCUT2D eigenvalue weighted by Crippen LogP contribution is 2.19. The Kier molecular flexibility index (Phi) is 6.93. The van der Waals surface area contributed by atoms with Gasteiger partial charge in [0, 0.05) is 6.20 Å². The molecule has 0 radical (unpaired) electrons. The third kappa shape index (κ3) is 5.28. The number of aromatic carboxylic acids is 1. The molecule has 0 aliphatic heterocycles. The molecule has 4 heteroatoms. The van der Waals surface area contributed by atoms with Crippen molar-refractivity contribution in [1.29, 1.82) is 0 Å². The zero-order valence-electron chi connectivity index (χ0n) is 11.8. The third-order valence-electron chi connectivity index (χ3n) is 3.08. The van der Waals surface area contributed by atoms with Crippen LogP contribution in [-0.2, 0) is 0 Å². The van der Waals surface area contributed by atoms with Crippen LogP contribution in [-0.4, -0.2) is 22.7 Å². The molecule has 106 valence electrons. The number of ether oxygens (including phenoxy) is 1. The van der Waals surface area contributed by atoms with Gasteiger partial charge in [0.25, 0.3) is 0 Å². The molecule has 0 spiro atoms. The second kappa shape index (κ2) is 8.51. The van der Waals surface area contributed by atoms with Crippen molar-refractivity contribution in [1.82, 2.24) is 4.98 Å². The molecule has 1 aromatic heterocycles. The smallest absolute Gasteiger partial charge is 0.341 e. The van der Waals surface area contributed by atoms with Crippen molar-refractivity contribution < 1.29 is 14.6 Å². The zero-order chi connectivity index (χ0) is 14.1. The molecule has 0 unspecified atom stereocenters. The van der Waals surface area contributed by atoms with Gasteiger partial charge in [-0.2, -0.15) is 0 Å². The summed E-state index contributed by atoms with van der Waals surface area (Å²) < 4.78 is 5.49. The molecule has 0 bridgehead atoms. The first kappa shape index (κ1) is 15.5. The fraction of sp³-hybridized carbons (Fsp3) is 0.600. The van der Waals surface area contributed by atoms with Gasteiger partial charge in [-0.25, -0.2) is 9.78 Å². The highest BCUT2D eigenvalue weighted by atomic mass is 16.5. The molecular weight excluding hydrogens is 242 g/mol. The molecule has 0 saturated heterocycles. The molecular formula is C15H23NO3. The topological polar surface area (TPSA) is 59.4 Å². The lowest BCUT2D eigenvalue weighted by Crippen LogP contribution is -2.08. The second-order valence-corrected chi connectivity index (χ2v) is 4.73. The first-order valence-electron chi connectivity index (χ1n) is 6.98. The van der Waals surface area contributed by atoms with Crippen LogP contribution in [0.3, 0.4) is 0 Å². The van der Waals surface area contributed by atoms with Crippen molar-refractivity contribution in [3.63, 3.8) is 0 Å². The minimum atomic E-state index is -0.983. The molecule has 0 saturated carbocycles. The summed E-state index contributed by atoms with van der Waals surface area (Å²) >= 11 is 0. The van der Waals surface area contributed by atoms with E-state index in [1.54, 1.807) is 19.2 Å². The number of aryl methyl sites for hydroxylation is 1. The van der Waals surface area contributed by atoms with Gasteiger partial charge in [-0.05, 0) is 25.0 Å². The highest BCUT2D eigenvalue weighted by Gasteiger charge is 2.15. The van der Waals surface area contributed by atoms with Crippen LogP contribution in [0.4, 0.5) is 0 Å². The summed E-state index contributed by atoms with van der Waals surface area (Å²) in [7, 11) is 0. The molecule has 0 aromatic carbocycles. The SMILES string of the molecule is CCCCCCCCOc1nccc(C)c1C(=O)O. The Bertz CT molecular complexity index is 404. The molecule has 1 aromatic rings. The monoisotopic (exact) mass is 265 g/mol. The van der Waals surface area contributed by atoms with E-state index in [-0.39, 0.29) is 11.4 Å². The molecule has 19 heavy (non-hydrogen) atoms. The van der Waals surface area contributed by atoms with E-state index in [1.165, 1.54) is 25.7 Å². The Morgan fingerprint density at radius 3 is 2.63 bits per heavy atom. The van der Waals surface area contributed by atoms with Gasteiger partial charge in [0.05, 0.1) is 6.61 Å². The lowest BCUT2D eigenvalue weighted by Gasteiger charge is -2.09. The molecule has 1 heterocycles. The minimum absolute atomic E-state index is 0.175. The summed E-state index contributed by atoms with van der Waals surface area (Å²) in [5, 5.41) is 9.13. The van der Waals surface area contributed by atoms with Crippen molar-refractivity contribution in [2.75, 3.05) is 6.61 Å². The van der Waals surface area contributed by atoms with Crippen molar-refractivity contribution >= 4 is 5.97 Å². The van der Waals surface area contributed by atoms with Crippen LogP contribution < -0.4 is 4.74 Å². The summed E-state index contributed by atoms with van der Waals surface area (Å²) in [5.41, 5.74) is 0.855. The lowest BCUT2D eigenvalue weighted by molar-refractivity contribution is 0.0690. The Labute approximate surface area is 114 Å². The Balaban J connectivity index is 2.37. The van der Waals surface area contributed by atoms with Crippen LogP contribution >= 0.6 is 0 Å². The van der Waals surface area contributed by atoms with Gasteiger partial charge < -0.3 is 9.84 Å². The van der Waals surface area contributed by atoms with E-state index in [4.69, 9.17) is 9.84 Å². The number of hydrogen-bond donors (Lipinski definition) is 1. The van der Waals surface area contributed by atoms with E-state index in [2.05, 4.69) is 11.9 Å². The number of pyridine rings is 1. The van der Waals surface area contributed by atoms with Gasteiger partial charge in [0.15, 0.2) is 0 Å². The first-order valence-corrected chi connectivity index (χ1v) is 6.98. The summed E-state index contributed by atoms with van der Waals surface area (Å²) in [6.45, 7) is 4.48. The quantitative estimate of drug-likeness (QED) is 0.689. The number of rotatable bonds is 9. The number of nitrogens with zero attached hydrogens (tertiary/aromatic N) is 1. The molecule has 0 fully saturated rings. The van der Waals surface area contributed by atoms with E-state index in [0.717, 1.165) is 12.8 Å².